The number of ether oxygens (including phenoxy) is 1. The number of rotatable bonds is 7. The van der Waals surface area contributed by atoms with Gasteiger partial charge in [0.25, 0.3) is 0 Å². The Morgan fingerprint density at radius 3 is 2.47 bits per heavy atom. The molecule has 15 heteroatoms. The lowest BCUT2D eigenvalue weighted by molar-refractivity contribution is -0.132. The molecule has 0 spiro atoms. The topological polar surface area (TPSA) is 180 Å². The van der Waals surface area contributed by atoms with Crippen LogP contribution in [0.1, 0.15) is 41.3 Å². The quantitative estimate of drug-likeness (QED) is 0.111. The van der Waals surface area contributed by atoms with Gasteiger partial charge in [0.05, 0.1) is 40.8 Å². The first-order chi connectivity index (χ1) is 28.1. The Morgan fingerprint density at radius 2 is 1.75 bits per heavy atom. The Bertz CT molecular complexity index is 2770. The number of phenols is 2. The number of allylic oxidation sites excluding steroid dienone is 3. The number of imide groups is 2. The van der Waals surface area contributed by atoms with Gasteiger partial charge in [0.2, 0.25) is 23.6 Å². The van der Waals surface area contributed by atoms with Crippen molar-refractivity contribution < 1.29 is 44.0 Å². The number of anilines is 2. The average Bonchev–Trinajstić information content (AvgIpc) is 3.87. The number of carbonyl (C=O) groups excluding carboxylic acids is 4. The molecule has 59 heavy (non-hydrogen) atoms. The molecule has 4 aliphatic rings. The van der Waals surface area contributed by atoms with Crippen LogP contribution in [0.15, 0.2) is 78.4 Å². The second-order valence-corrected chi connectivity index (χ2v) is 17.2. The van der Waals surface area contributed by atoms with Gasteiger partial charge in [0.15, 0.2) is 11.5 Å². The molecular formula is C44H37ClN4O9S. The number of carbonyl (C=O) groups is 5. The number of phenolic OH excluding ortho intramolecular Hbond substituents is 1. The summed E-state index contributed by atoms with van der Waals surface area (Å²) in [6.07, 6.45) is 5.86. The maximum atomic E-state index is 15.1. The van der Waals surface area contributed by atoms with Crippen LogP contribution < -0.4 is 14.5 Å². The molecule has 9 rings (SSSR count). The maximum Gasteiger partial charge on any atom is 0.339 e. The number of aromatic hydroxyl groups is 2. The molecule has 0 radical (unpaired) electrons. The van der Waals surface area contributed by atoms with Crippen molar-refractivity contribution in [3.8, 4) is 27.8 Å². The van der Waals surface area contributed by atoms with Crippen LogP contribution in [0.4, 0.5) is 11.5 Å². The lowest BCUT2D eigenvalue weighted by Crippen LogP contribution is -2.49. The Labute approximate surface area is 346 Å². The summed E-state index contributed by atoms with van der Waals surface area (Å²) >= 11 is 7.85. The van der Waals surface area contributed by atoms with Gasteiger partial charge in [-0.05, 0) is 91.6 Å². The van der Waals surface area contributed by atoms with Crippen molar-refractivity contribution in [1.29, 1.82) is 0 Å². The third kappa shape index (κ3) is 5.64. The third-order valence-electron chi connectivity index (χ3n) is 12.7. The molecule has 4 heterocycles. The van der Waals surface area contributed by atoms with Crippen molar-refractivity contribution in [2.45, 2.75) is 26.7 Å². The Kier molecular flexibility index (Phi) is 8.87. The minimum absolute atomic E-state index is 0.0408. The third-order valence-corrected chi connectivity index (χ3v) is 14.2. The molecule has 3 aromatic carbocycles. The highest BCUT2D eigenvalue weighted by Gasteiger charge is 2.67. The predicted molar refractivity (Wildman–Crippen MR) is 220 cm³/mol. The number of aromatic carboxylic acids is 1. The van der Waals surface area contributed by atoms with E-state index in [1.807, 2.05) is 37.3 Å². The summed E-state index contributed by atoms with van der Waals surface area (Å²) in [6.45, 7) is 3.76. The van der Waals surface area contributed by atoms with Crippen molar-refractivity contribution in [3.63, 3.8) is 0 Å². The molecule has 5 aromatic rings. The minimum atomic E-state index is -1.36. The number of hydrogen-bond donors (Lipinski definition) is 3. The number of halogens is 1. The van der Waals surface area contributed by atoms with Gasteiger partial charge >= 0.3 is 5.97 Å². The van der Waals surface area contributed by atoms with E-state index in [4.69, 9.17) is 21.4 Å². The van der Waals surface area contributed by atoms with E-state index in [2.05, 4.69) is 0 Å². The molecule has 2 aliphatic carbocycles. The van der Waals surface area contributed by atoms with E-state index in [-0.39, 0.29) is 35.6 Å². The molecule has 0 unspecified atom stereocenters. The first-order valence-corrected chi connectivity index (χ1v) is 20.1. The molecule has 0 bridgehead atoms. The summed E-state index contributed by atoms with van der Waals surface area (Å²) in [5, 5.41) is 36.5. The fourth-order valence-electron chi connectivity index (χ4n) is 9.75. The zero-order valence-electron chi connectivity index (χ0n) is 32.2. The fraction of sp³-hybridized carbons (Fsp3) is 0.273. The van der Waals surface area contributed by atoms with Gasteiger partial charge in [-0.3, -0.25) is 23.9 Å². The highest BCUT2D eigenvalue weighted by molar-refractivity contribution is 7.22. The number of aryl methyl sites for hydroxylation is 2. The predicted octanol–water partition coefficient (Wildman–Crippen LogP) is 7.36. The van der Waals surface area contributed by atoms with Crippen molar-refractivity contribution in [2.24, 2.45) is 42.1 Å². The van der Waals surface area contributed by atoms with Crippen LogP contribution in [0, 0.1) is 41.9 Å². The van der Waals surface area contributed by atoms with Crippen molar-refractivity contribution in [1.82, 2.24) is 9.78 Å². The molecule has 2 aliphatic heterocycles. The number of carboxylic acids is 1. The zero-order valence-corrected chi connectivity index (χ0v) is 33.7. The number of benzene rings is 3. The summed E-state index contributed by atoms with van der Waals surface area (Å²) < 4.78 is 7.88. The number of hydrogen-bond acceptors (Lipinski definition) is 10. The number of carboxylic acid groups (broad SMARTS) is 1. The smallest absolute Gasteiger partial charge is 0.339 e. The molecule has 4 amide bonds. The number of aromatic nitrogens is 2. The minimum Gasteiger partial charge on any atom is -0.507 e. The Hall–Kier alpha value is -6.25. The van der Waals surface area contributed by atoms with Crippen LogP contribution in [0.3, 0.4) is 0 Å². The van der Waals surface area contributed by atoms with E-state index < -0.39 is 70.4 Å². The number of fused-ring (bicyclic) bond motifs is 5. The molecule has 6 atom stereocenters. The highest BCUT2D eigenvalue weighted by Crippen LogP contribution is 2.61. The monoisotopic (exact) mass is 832 g/mol. The summed E-state index contributed by atoms with van der Waals surface area (Å²) in [4.78, 5) is 73.1. The lowest BCUT2D eigenvalue weighted by atomic mass is 9.52. The second-order valence-electron chi connectivity index (χ2n) is 15.7. The molecule has 2 saturated heterocycles. The Balaban J connectivity index is 1.13. The van der Waals surface area contributed by atoms with Gasteiger partial charge in [-0.15, -0.1) is 11.3 Å². The molecule has 13 nitrogen and oxygen atoms in total. The van der Waals surface area contributed by atoms with Gasteiger partial charge in [-0.1, -0.05) is 41.5 Å². The largest absolute Gasteiger partial charge is 0.507 e. The van der Waals surface area contributed by atoms with Crippen LogP contribution in [0.2, 0.25) is 5.02 Å². The van der Waals surface area contributed by atoms with Crippen molar-refractivity contribution in [3.05, 3.63) is 100 Å². The average molecular weight is 833 g/mol. The van der Waals surface area contributed by atoms with E-state index in [1.165, 1.54) is 40.2 Å². The first kappa shape index (κ1) is 38.3. The molecule has 1 saturated carbocycles. The number of amides is 4. The molecule has 3 fully saturated rings. The fourth-order valence-corrected chi connectivity index (χ4v) is 11.1. The number of thiophene rings is 1. The van der Waals surface area contributed by atoms with Crippen LogP contribution in [0.25, 0.3) is 26.7 Å². The Morgan fingerprint density at radius 1 is 0.966 bits per heavy atom. The van der Waals surface area contributed by atoms with E-state index in [0.717, 1.165) is 43.1 Å². The molecular weight excluding hydrogens is 796 g/mol. The lowest BCUT2D eigenvalue weighted by Gasteiger charge is -2.47. The van der Waals surface area contributed by atoms with Gasteiger partial charge in [0.1, 0.15) is 22.8 Å². The van der Waals surface area contributed by atoms with E-state index in [1.54, 1.807) is 38.2 Å². The van der Waals surface area contributed by atoms with Crippen LogP contribution in [-0.4, -0.2) is 61.8 Å². The number of methoxy groups -OCH3 is 1. The SMILES string of the molecule is COc1cc(C=C[C@H]2C3=CC[C@@H]4C(=O)N(c5ccc(C(=O)O)c(O)c5)C(=O)[C@@H]4[C@@H]3C[C@H]3C(=O)N(c4cc(-c5sc6ccc(Cl)cc6c5C)nn4C)C(=O)[C@@]23C)ccc1O. The molecule has 2 aromatic heterocycles. The van der Waals surface area contributed by atoms with Gasteiger partial charge < -0.3 is 20.1 Å². The zero-order chi connectivity index (χ0) is 41.8. The van der Waals surface area contributed by atoms with Gasteiger partial charge in [0, 0.05) is 34.8 Å². The van der Waals surface area contributed by atoms with E-state index >= 15 is 4.79 Å². The van der Waals surface area contributed by atoms with E-state index in [0.29, 0.717) is 22.1 Å². The number of nitrogens with zero attached hydrogens (tertiary/aromatic N) is 4. The van der Waals surface area contributed by atoms with Crippen LogP contribution in [0.5, 0.6) is 17.2 Å². The first-order valence-electron chi connectivity index (χ1n) is 18.9. The molecule has 300 valence electrons. The second kappa shape index (κ2) is 13.7. The maximum absolute atomic E-state index is 15.1. The standard InChI is InChI=1S/C44H37ClN4O9S/c1-20-27-16-22(45)7-14-35(27)59-38(20)31-19-36(47(3)46-31)49-40(53)30-18-28-24(29(44(30,2)43(49)57)12-5-21-6-13-32(50)34(15-21)58-4)10-11-26-37(28)41(54)48(39(26)52)23-8-9-25(42(55)56)33(51)17-23/h5-10,12-17,19,26,28-30,37,50-51H,11,18H2,1-4H3,(H,55,56)/t26-,28+,29-,30-,37-,44-/m0/s1. The van der Waals surface area contributed by atoms with Crippen molar-refractivity contribution >= 4 is 80.2 Å². The summed E-state index contributed by atoms with van der Waals surface area (Å²) in [5.41, 5.74) is 1.32. The summed E-state index contributed by atoms with van der Waals surface area (Å²) in [6, 6.07) is 15.8. The summed E-state index contributed by atoms with van der Waals surface area (Å²) in [5.74, 6) is -7.24. The van der Waals surface area contributed by atoms with Crippen molar-refractivity contribution in [2.75, 3.05) is 16.9 Å². The normalized spacial score (nSPS) is 25.2. The molecule has 3 N–H and O–H groups in total. The van der Waals surface area contributed by atoms with Crippen LogP contribution in [-0.2, 0) is 26.2 Å². The van der Waals surface area contributed by atoms with Gasteiger partial charge in [-0.25, -0.2) is 14.6 Å². The highest BCUT2D eigenvalue weighted by atomic mass is 35.5. The van der Waals surface area contributed by atoms with Gasteiger partial charge in [-0.2, -0.15) is 5.10 Å². The van der Waals surface area contributed by atoms with E-state index in [9.17, 15) is 34.5 Å². The summed E-state index contributed by atoms with van der Waals surface area (Å²) in [7, 11) is 3.12. The van der Waals surface area contributed by atoms with Crippen LogP contribution >= 0.6 is 22.9 Å².